The lowest BCUT2D eigenvalue weighted by Crippen LogP contribution is -2.32. The molecular formula is C16H12ClF2NO2. The van der Waals surface area contributed by atoms with Crippen molar-refractivity contribution in [1.29, 1.82) is 0 Å². The molecule has 6 heteroatoms. The van der Waals surface area contributed by atoms with Crippen LogP contribution in [-0.2, 0) is 11.2 Å². The SMILES string of the molecule is O=C(Nc1ccc(F)cc1F)C1COc2ccc(Cl)cc2C1. The van der Waals surface area contributed by atoms with E-state index in [4.69, 9.17) is 16.3 Å². The molecule has 0 radical (unpaired) electrons. The number of hydrogen-bond acceptors (Lipinski definition) is 2. The Morgan fingerprint density at radius 2 is 2.05 bits per heavy atom. The van der Waals surface area contributed by atoms with Crippen LogP contribution >= 0.6 is 11.6 Å². The van der Waals surface area contributed by atoms with Crippen molar-refractivity contribution in [3.8, 4) is 5.75 Å². The third-order valence-corrected chi connectivity index (χ3v) is 3.72. The Morgan fingerprint density at radius 1 is 1.23 bits per heavy atom. The third kappa shape index (κ3) is 3.04. The minimum absolute atomic E-state index is 0.0525. The van der Waals surface area contributed by atoms with Crippen LogP contribution in [0.4, 0.5) is 14.5 Å². The summed E-state index contributed by atoms with van der Waals surface area (Å²) in [6, 6.07) is 8.22. The van der Waals surface area contributed by atoms with Crippen molar-refractivity contribution < 1.29 is 18.3 Å². The van der Waals surface area contributed by atoms with Gasteiger partial charge in [0.25, 0.3) is 0 Å². The van der Waals surface area contributed by atoms with Gasteiger partial charge in [-0.1, -0.05) is 11.6 Å². The summed E-state index contributed by atoms with van der Waals surface area (Å²) >= 11 is 5.93. The van der Waals surface area contributed by atoms with Gasteiger partial charge in [0, 0.05) is 11.1 Å². The number of carbonyl (C=O) groups is 1. The van der Waals surface area contributed by atoms with Gasteiger partial charge in [0.15, 0.2) is 0 Å². The average molecular weight is 324 g/mol. The van der Waals surface area contributed by atoms with Crippen LogP contribution in [-0.4, -0.2) is 12.5 Å². The van der Waals surface area contributed by atoms with Gasteiger partial charge in [-0.05, 0) is 42.3 Å². The van der Waals surface area contributed by atoms with Gasteiger partial charge in [-0.15, -0.1) is 0 Å². The molecule has 0 spiro atoms. The van der Waals surface area contributed by atoms with Crippen molar-refractivity contribution in [1.82, 2.24) is 0 Å². The predicted octanol–water partition coefficient (Wildman–Crippen LogP) is 3.81. The van der Waals surface area contributed by atoms with E-state index in [1.54, 1.807) is 18.2 Å². The monoisotopic (exact) mass is 323 g/mol. The maximum absolute atomic E-state index is 13.6. The largest absolute Gasteiger partial charge is 0.492 e. The molecule has 0 aliphatic carbocycles. The zero-order valence-electron chi connectivity index (χ0n) is 11.4. The van der Waals surface area contributed by atoms with Crippen molar-refractivity contribution in [2.45, 2.75) is 6.42 Å². The number of carbonyl (C=O) groups excluding carboxylic acids is 1. The molecule has 1 aliphatic heterocycles. The number of fused-ring (bicyclic) bond motifs is 1. The summed E-state index contributed by atoms with van der Waals surface area (Å²) in [6.45, 7) is 0.198. The Morgan fingerprint density at radius 3 is 2.82 bits per heavy atom. The van der Waals surface area contributed by atoms with E-state index >= 15 is 0 Å². The van der Waals surface area contributed by atoms with Crippen LogP contribution < -0.4 is 10.1 Å². The molecule has 1 N–H and O–H groups in total. The predicted molar refractivity (Wildman–Crippen MR) is 79.1 cm³/mol. The molecule has 1 unspecified atom stereocenters. The van der Waals surface area contributed by atoms with E-state index in [0.29, 0.717) is 17.2 Å². The molecule has 3 nitrogen and oxygen atoms in total. The fourth-order valence-electron chi connectivity index (χ4n) is 2.36. The lowest BCUT2D eigenvalue weighted by atomic mass is 9.96. The summed E-state index contributed by atoms with van der Waals surface area (Å²) in [5.74, 6) is -1.65. The zero-order chi connectivity index (χ0) is 15.7. The van der Waals surface area contributed by atoms with Gasteiger partial charge in [-0.3, -0.25) is 4.79 Å². The number of nitrogens with one attached hydrogen (secondary N) is 1. The topological polar surface area (TPSA) is 38.3 Å². The molecule has 0 fully saturated rings. The van der Waals surface area contributed by atoms with Gasteiger partial charge in [-0.25, -0.2) is 8.78 Å². The minimum atomic E-state index is -0.812. The molecule has 1 atom stereocenters. The number of halogens is 3. The van der Waals surface area contributed by atoms with Gasteiger partial charge < -0.3 is 10.1 Å². The van der Waals surface area contributed by atoms with E-state index < -0.39 is 17.6 Å². The van der Waals surface area contributed by atoms with Crippen molar-refractivity contribution in [3.05, 3.63) is 58.6 Å². The maximum atomic E-state index is 13.6. The number of rotatable bonds is 2. The molecule has 1 heterocycles. The van der Waals surface area contributed by atoms with Crippen LogP contribution in [0.5, 0.6) is 5.75 Å². The number of amides is 1. The summed E-state index contributed by atoms with van der Waals surface area (Å²) in [6.07, 6.45) is 0.449. The molecule has 3 rings (SSSR count). The molecule has 2 aromatic carbocycles. The number of benzene rings is 2. The lowest BCUT2D eigenvalue weighted by molar-refractivity contribution is -0.121. The lowest BCUT2D eigenvalue weighted by Gasteiger charge is -2.24. The summed E-state index contributed by atoms with van der Waals surface area (Å²) in [5, 5.41) is 3.02. The average Bonchev–Trinajstić information content (AvgIpc) is 2.49. The number of anilines is 1. The van der Waals surface area contributed by atoms with E-state index in [1.165, 1.54) is 6.07 Å². The quantitative estimate of drug-likeness (QED) is 0.912. The Labute approximate surface area is 130 Å². The highest BCUT2D eigenvalue weighted by atomic mass is 35.5. The molecule has 1 aliphatic rings. The Balaban J connectivity index is 1.74. The van der Waals surface area contributed by atoms with Crippen LogP contribution in [0.25, 0.3) is 0 Å². The second-order valence-electron chi connectivity index (χ2n) is 5.08. The van der Waals surface area contributed by atoms with Crippen molar-refractivity contribution in [3.63, 3.8) is 0 Å². The first-order valence-corrected chi connectivity index (χ1v) is 7.08. The van der Waals surface area contributed by atoms with E-state index in [1.807, 2.05) is 0 Å². The summed E-state index contributed by atoms with van der Waals surface area (Å²) in [7, 11) is 0. The highest BCUT2D eigenvalue weighted by Crippen LogP contribution is 2.30. The normalized spacial score (nSPS) is 16.6. The summed E-state index contributed by atoms with van der Waals surface area (Å²) < 4.78 is 32.0. The van der Waals surface area contributed by atoms with Crippen LogP contribution in [0.3, 0.4) is 0 Å². The fraction of sp³-hybridized carbons (Fsp3) is 0.188. The molecule has 114 valence electrons. The maximum Gasteiger partial charge on any atom is 0.231 e. The fourth-order valence-corrected chi connectivity index (χ4v) is 2.55. The van der Waals surface area contributed by atoms with Gasteiger partial charge in [0.1, 0.15) is 24.0 Å². The molecule has 0 bridgehead atoms. The van der Waals surface area contributed by atoms with E-state index in [0.717, 1.165) is 17.7 Å². The van der Waals surface area contributed by atoms with Crippen molar-refractivity contribution in [2.24, 2.45) is 5.92 Å². The summed E-state index contributed by atoms with van der Waals surface area (Å²) in [5.41, 5.74) is 0.779. The van der Waals surface area contributed by atoms with Gasteiger partial charge >= 0.3 is 0 Å². The zero-order valence-corrected chi connectivity index (χ0v) is 12.2. The molecule has 22 heavy (non-hydrogen) atoms. The van der Waals surface area contributed by atoms with E-state index in [9.17, 15) is 13.6 Å². The van der Waals surface area contributed by atoms with Crippen LogP contribution in [0, 0.1) is 17.6 Å². The minimum Gasteiger partial charge on any atom is -0.492 e. The molecular weight excluding hydrogens is 312 g/mol. The van der Waals surface area contributed by atoms with Crippen LogP contribution in [0.1, 0.15) is 5.56 Å². The Kier molecular flexibility index (Phi) is 3.98. The second kappa shape index (κ2) is 5.93. The highest BCUT2D eigenvalue weighted by molar-refractivity contribution is 6.30. The molecule has 0 aromatic heterocycles. The first-order chi connectivity index (χ1) is 10.5. The smallest absolute Gasteiger partial charge is 0.231 e. The molecule has 0 saturated carbocycles. The van der Waals surface area contributed by atoms with Crippen molar-refractivity contribution in [2.75, 3.05) is 11.9 Å². The van der Waals surface area contributed by atoms with Gasteiger partial charge in [0.05, 0.1) is 11.6 Å². The van der Waals surface area contributed by atoms with E-state index in [-0.39, 0.29) is 18.2 Å². The molecule has 1 amide bonds. The first-order valence-electron chi connectivity index (χ1n) is 6.70. The Bertz CT molecular complexity index is 736. The Hall–Kier alpha value is -2.14. The van der Waals surface area contributed by atoms with Crippen molar-refractivity contribution >= 4 is 23.2 Å². The molecule has 0 saturated heterocycles. The number of hydrogen-bond donors (Lipinski definition) is 1. The highest BCUT2D eigenvalue weighted by Gasteiger charge is 2.26. The number of ether oxygens (including phenoxy) is 1. The first kappa shape index (κ1) is 14.8. The summed E-state index contributed by atoms with van der Waals surface area (Å²) in [4.78, 5) is 12.2. The second-order valence-corrected chi connectivity index (χ2v) is 5.51. The van der Waals surface area contributed by atoms with Gasteiger partial charge in [-0.2, -0.15) is 0 Å². The van der Waals surface area contributed by atoms with E-state index in [2.05, 4.69) is 5.32 Å². The third-order valence-electron chi connectivity index (χ3n) is 3.49. The van der Waals surface area contributed by atoms with Crippen LogP contribution in [0.15, 0.2) is 36.4 Å². The standard InChI is InChI=1S/C16H12ClF2NO2/c17-11-1-4-15-9(6-11)5-10(8-22-15)16(21)20-14-3-2-12(18)7-13(14)19/h1-4,6-7,10H,5,8H2,(H,20,21). The van der Waals surface area contributed by atoms with Crippen LogP contribution in [0.2, 0.25) is 5.02 Å². The molecule has 2 aromatic rings. The van der Waals surface area contributed by atoms with Gasteiger partial charge in [0.2, 0.25) is 5.91 Å².